The standard InChI is InChI=1S/C12H18N2O/c1-9(7-12(15)11(14)8-13)10-5-3-2-4-6-10/h2-6,9,11H,7-8,13-14H2,1H3/t9-,11-/m1/s1. The normalized spacial score (nSPS) is 14.6. The Bertz CT molecular complexity index is 311. The maximum absolute atomic E-state index is 11.6. The smallest absolute Gasteiger partial charge is 0.151 e. The van der Waals surface area contributed by atoms with E-state index in [0.29, 0.717) is 6.42 Å². The first-order chi connectivity index (χ1) is 7.15. The molecule has 4 N–H and O–H groups in total. The lowest BCUT2D eigenvalue weighted by Crippen LogP contribution is -2.38. The van der Waals surface area contributed by atoms with Gasteiger partial charge < -0.3 is 11.5 Å². The number of hydrogen-bond acceptors (Lipinski definition) is 3. The van der Waals surface area contributed by atoms with Gasteiger partial charge in [0.25, 0.3) is 0 Å². The van der Waals surface area contributed by atoms with Crippen LogP contribution in [0.1, 0.15) is 24.8 Å². The molecule has 0 fully saturated rings. The van der Waals surface area contributed by atoms with Crippen LogP contribution in [-0.2, 0) is 4.79 Å². The Balaban J connectivity index is 2.56. The van der Waals surface area contributed by atoms with Gasteiger partial charge in [0.05, 0.1) is 6.04 Å². The van der Waals surface area contributed by atoms with E-state index in [1.54, 1.807) is 0 Å². The molecule has 0 saturated carbocycles. The summed E-state index contributed by atoms with van der Waals surface area (Å²) in [6.45, 7) is 2.25. The molecule has 0 unspecified atom stereocenters. The third-order valence-electron chi connectivity index (χ3n) is 2.54. The molecule has 0 bridgehead atoms. The highest BCUT2D eigenvalue weighted by Crippen LogP contribution is 2.18. The summed E-state index contributed by atoms with van der Waals surface area (Å²) in [5.41, 5.74) is 12.1. The van der Waals surface area contributed by atoms with Crippen LogP contribution < -0.4 is 11.5 Å². The van der Waals surface area contributed by atoms with Gasteiger partial charge in [0.15, 0.2) is 5.78 Å². The van der Waals surface area contributed by atoms with E-state index in [4.69, 9.17) is 11.5 Å². The average molecular weight is 206 g/mol. The summed E-state index contributed by atoms with van der Waals surface area (Å²) in [4.78, 5) is 11.6. The van der Waals surface area contributed by atoms with E-state index in [9.17, 15) is 4.79 Å². The van der Waals surface area contributed by atoms with Crippen LogP contribution in [0.2, 0.25) is 0 Å². The fraction of sp³-hybridized carbons (Fsp3) is 0.417. The summed E-state index contributed by atoms with van der Waals surface area (Å²) in [6, 6.07) is 9.43. The molecule has 0 aliphatic heterocycles. The van der Waals surface area contributed by atoms with Crippen molar-refractivity contribution >= 4 is 5.78 Å². The van der Waals surface area contributed by atoms with Gasteiger partial charge in [-0.15, -0.1) is 0 Å². The minimum atomic E-state index is -0.517. The Hall–Kier alpha value is -1.19. The maximum atomic E-state index is 11.6. The van der Waals surface area contributed by atoms with Gasteiger partial charge in [0.2, 0.25) is 0 Å². The van der Waals surface area contributed by atoms with Crippen LogP contribution in [0.25, 0.3) is 0 Å². The lowest BCUT2D eigenvalue weighted by Gasteiger charge is -2.13. The summed E-state index contributed by atoms with van der Waals surface area (Å²) >= 11 is 0. The Labute approximate surface area is 90.5 Å². The Morgan fingerprint density at radius 2 is 1.93 bits per heavy atom. The van der Waals surface area contributed by atoms with Gasteiger partial charge >= 0.3 is 0 Å². The molecular formula is C12H18N2O. The zero-order chi connectivity index (χ0) is 11.3. The summed E-state index contributed by atoms with van der Waals surface area (Å²) in [6.07, 6.45) is 0.461. The van der Waals surface area contributed by atoms with Crippen LogP contribution in [-0.4, -0.2) is 18.4 Å². The van der Waals surface area contributed by atoms with E-state index in [1.165, 1.54) is 0 Å². The number of benzene rings is 1. The SMILES string of the molecule is C[C@H](CC(=O)[C@H](N)CN)c1ccccc1. The molecule has 15 heavy (non-hydrogen) atoms. The first-order valence-corrected chi connectivity index (χ1v) is 5.18. The highest BCUT2D eigenvalue weighted by atomic mass is 16.1. The number of Topliss-reactive ketones (excluding diaryl/α,β-unsaturated/α-hetero) is 1. The second-order valence-corrected chi connectivity index (χ2v) is 3.82. The highest BCUT2D eigenvalue weighted by Gasteiger charge is 2.15. The van der Waals surface area contributed by atoms with Crippen molar-refractivity contribution < 1.29 is 4.79 Å². The van der Waals surface area contributed by atoms with Crippen LogP contribution in [0, 0.1) is 0 Å². The summed E-state index contributed by atoms with van der Waals surface area (Å²) in [5, 5.41) is 0. The molecule has 0 aromatic heterocycles. The van der Waals surface area contributed by atoms with Crippen molar-refractivity contribution in [3.8, 4) is 0 Å². The van der Waals surface area contributed by atoms with Gasteiger partial charge in [-0.05, 0) is 11.5 Å². The van der Waals surface area contributed by atoms with Crippen LogP contribution in [0.4, 0.5) is 0 Å². The molecule has 1 rings (SSSR count). The molecule has 0 heterocycles. The summed E-state index contributed by atoms with van der Waals surface area (Å²) in [7, 11) is 0. The molecule has 0 radical (unpaired) electrons. The fourth-order valence-corrected chi connectivity index (χ4v) is 1.48. The van der Waals surface area contributed by atoms with E-state index in [-0.39, 0.29) is 18.2 Å². The second-order valence-electron chi connectivity index (χ2n) is 3.82. The van der Waals surface area contributed by atoms with E-state index in [1.807, 2.05) is 37.3 Å². The first kappa shape index (κ1) is 11.9. The molecule has 0 amide bonds. The Kier molecular flexibility index (Phi) is 4.46. The molecule has 3 nitrogen and oxygen atoms in total. The van der Waals surface area contributed by atoms with Gasteiger partial charge in [-0.3, -0.25) is 4.79 Å². The number of hydrogen-bond donors (Lipinski definition) is 2. The van der Waals surface area contributed by atoms with Gasteiger partial charge in [0, 0.05) is 13.0 Å². The number of nitrogens with two attached hydrogens (primary N) is 2. The van der Waals surface area contributed by atoms with Gasteiger partial charge in [0.1, 0.15) is 0 Å². The predicted octanol–water partition coefficient (Wildman–Crippen LogP) is 1.04. The van der Waals surface area contributed by atoms with Crippen molar-refractivity contribution in [2.24, 2.45) is 11.5 Å². The number of rotatable bonds is 5. The van der Waals surface area contributed by atoms with Crippen molar-refractivity contribution in [2.75, 3.05) is 6.54 Å². The lowest BCUT2D eigenvalue weighted by atomic mass is 9.93. The van der Waals surface area contributed by atoms with Crippen molar-refractivity contribution in [1.82, 2.24) is 0 Å². The van der Waals surface area contributed by atoms with Crippen LogP contribution in [0.15, 0.2) is 30.3 Å². The minimum absolute atomic E-state index is 0.0360. The van der Waals surface area contributed by atoms with Gasteiger partial charge in [-0.1, -0.05) is 37.3 Å². The van der Waals surface area contributed by atoms with E-state index in [2.05, 4.69) is 0 Å². The molecule has 1 aromatic rings. The second kappa shape index (κ2) is 5.63. The number of carbonyl (C=O) groups excluding carboxylic acids is 1. The van der Waals surface area contributed by atoms with Crippen molar-refractivity contribution in [1.29, 1.82) is 0 Å². The molecule has 82 valence electrons. The maximum Gasteiger partial charge on any atom is 0.151 e. The monoisotopic (exact) mass is 206 g/mol. The fourth-order valence-electron chi connectivity index (χ4n) is 1.48. The van der Waals surface area contributed by atoms with E-state index >= 15 is 0 Å². The van der Waals surface area contributed by atoms with Crippen LogP contribution in [0.5, 0.6) is 0 Å². The lowest BCUT2D eigenvalue weighted by molar-refractivity contribution is -0.120. The third kappa shape index (κ3) is 3.46. The molecule has 0 aliphatic rings. The first-order valence-electron chi connectivity index (χ1n) is 5.18. The average Bonchev–Trinajstić information content (AvgIpc) is 2.29. The zero-order valence-corrected chi connectivity index (χ0v) is 9.02. The summed E-state index contributed by atoms with van der Waals surface area (Å²) < 4.78 is 0. The highest BCUT2D eigenvalue weighted by molar-refractivity contribution is 5.84. The quantitative estimate of drug-likeness (QED) is 0.756. The summed E-state index contributed by atoms with van der Waals surface area (Å²) in [5.74, 6) is 0.241. The largest absolute Gasteiger partial charge is 0.328 e. The molecular weight excluding hydrogens is 188 g/mol. The predicted molar refractivity (Wildman–Crippen MR) is 61.5 cm³/mol. The van der Waals surface area contributed by atoms with Crippen LogP contribution in [0.3, 0.4) is 0 Å². The van der Waals surface area contributed by atoms with Gasteiger partial charge in [-0.25, -0.2) is 0 Å². The molecule has 0 saturated heterocycles. The van der Waals surface area contributed by atoms with Crippen LogP contribution >= 0.6 is 0 Å². The van der Waals surface area contributed by atoms with E-state index < -0.39 is 6.04 Å². The zero-order valence-electron chi connectivity index (χ0n) is 9.02. The van der Waals surface area contributed by atoms with Gasteiger partial charge in [-0.2, -0.15) is 0 Å². The Morgan fingerprint density at radius 3 is 2.47 bits per heavy atom. The molecule has 0 spiro atoms. The number of ketones is 1. The third-order valence-corrected chi connectivity index (χ3v) is 2.54. The van der Waals surface area contributed by atoms with Crippen molar-refractivity contribution in [2.45, 2.75) is 25.3 Å². The minimum Gasteiger partial charge on any atom is -0.328 e. The number of carbonyl (C=O) groups is 1. The molecule has 2 atom stereocenters. The Morgan fingerprint density at radius 1 is 1.33 bits per heavy atom. The molecule has 0 aliphatic carbocycles. The topological polar surface area (TPSA) is 69.1 Å². The molecule has 1 aromatic carbocycles. The van der Waals surface area contributed by atoms with E-state index in [0.717, 1.165) is 5.56 Å². The molecule has 3 heteroatoms. The van der Waals surface area contributed by atoms with Crippen molar-refractivity contribution in [3.05, 3.63) is 35.9 Å². The van der Waals surface area contributed by atoms with Crippen molar-refractivity contribution in [3.63, 3.8) is 0 Å².